The van der Waals surface area contributed by atoms with Gasteiger partial charge in [-0.15, -0.1) is 0 Å². The number of hydrogen-bond donors (Lipinski definition) is 1. The van der Waals surface area contributed by atoms with E-state index in [-0.39, 0.29) is 23.0 Å². The highest BCUT2D eigenvalue weighted by atomic mass is 19.1. The molecule has 1 saturated heterocycles. The fourth-order valence-corrected chi connectivity index (χ4v) is 3.70. The Kier molecular flexibility index (Phi) is 4.92. The Morgan fingerprint density at radius 2 is 1.59 bits per heavy atom. The fraction of sp³-hybridized carbons (Fsp3) is 0.217. The third-order valence-corrected chi connectivity index (χ3v) is 5.36. The molecular formula is C23H21FN2O3. The lowest BCUT2D eigenvalue weighted by Gasteiger charge is -2.36. The van der Waals surface area contributed by atoms with E-state index in [1.807, 2.05) is 29.2 Å². The van der Waals surface area contributed by atoms with E-state index >= 15 is 0 Å². The van der Waals surface area contributed by atoms with Gasteiger partial charge in [0, 0.05) is 31.7 Å². The predicted octanol–water partition coefficient (Wildman–Crippen LogP) is 3.85. The standard InChI is InChI=1S/C23H21FN2O3/c1-15(27)16-6-7-21(20(24)13-16)25-8-10-26(11-9-25)23(29)19-12-17-4-2-3-5-18(17)14-22(19)28/h2-7,12-14,28H,8-11H2,1H3. The number of phenolic OH excluding ortho intramolecular Hbond substituents is 1. The van der Waals surface area contributed by atoms with Crippen molar-refractivity contribution in [2.24, 2.45) is 0 Å². The molecule has 1 aliphatic heterocycles. The maximum absolute atomic E-state index is 14.4. The molecule has 0 atom stereocenters. The molecule has 29 heavy (non-hydrogen) atoms. The Labute approximate surface area is 168 Å². The van der Waals surface area contributed by atoms with Crippen LogP contribution in [-0.2, 0) is 0 Å². The number of ketones is 1. The molecule has 3 aromatic carbocycles. The second-order valence-electron chi connectivity index (χ2n) is 7.22. The van der Waals surface area contributed by atoms with Crippen LogP contribution < -0.4 is 4.90 Å². The van der Waals surface area contributed by atoms with E-state index < -0.39 is 5.82 Å². The van der Waals surface area contributed by atoms with Crippen LogP contribution in [-0.4, -0.2) is 47.9 Å². The number of anilines is 1. The molecule has 0 aromatic heterocycles. The van der Waals surface area contributed by atoms with E-state index in [1.165, 1.54) is 13.0 Å². The predicted molar refractivity (Wildman–Crippen MR) is 110 cm³/mol. The Bertz CT molecular complexity index is 1100. The summed E-state index contributed by atoms with van der Waals surface area (Å²) in [5.74, 6) is -0.895. The number of benzene rings is 3. The van der Waals surface area contributed by atoms with Crippen molar-refractivity contribution in [2.75, 3.05) is 31.1 Å². The van der Waals surface area contributed by atoms with Crippen molar-refractivity contribution in [1.29, 1.82) is 0 Å². The van der Waals surface area contributed by atoms with Crippen LogP contribution in [0.5, 0.6) is 5.75 Å². The van der Waals surface area contributed by atoms with Gasteiger partial charge in [0.25, 0.3) is 5.91 Å². The van der Waals surface area contributed by atoms with Gasteiger partial charge in [-0.2, -0.15) is 0 Å². The molecule has 3 aromatic rings. The van der Waals surface area contributed by atoms with Gasteiger partial charge < -0.3 is 14.9 Å². The monoisotopic (exact) mass is 392 g/mol. The van der Waals surface area contributed by atoms with Gasteiger partial charge in [0.1, 0.15) is 11.6 Å². The number of nitrogens with zero attached hydrogens (tertiary/aromatic N) is 2. The molecule has 1 aliphatic rings. The number of halogens is 1. The van der Waals surface area contributed by atoms with E-state index in [0.29, 0.717) is 37.4 Å². The minimum Gasteiger partial charge on any atom is -0.507 e. The van der Waals surface area contributed by atoms with E-state index in [2.05, 4.69) is 0 Å². The highest BCUT2D eigenvalue weighted by Gasteiger charge is 2.25. The van der Waals surface area contributed by atoms with Crippen LogP contribution in [0.15, 0.2) is 54.6 Å². The van der Waals surface area contributed by atoms with Crippen molar-refractivity contribution in [1.82, 2.24) is 4.90 Å². The highest BCUT2D eigenvalue weighted by Crippen LogP contribution is 2.27. The highest BCUT2D eigenvalue weighted by molar-refractivity contribution is 6.01. The molecule has 4 rings (SSSR count). The smallest absolute Gasteiger partial charge is 0.257 e. The third-order valence-electron chi connectivity index (χ3n) is 5.36. The number of piperazine rings is 1. The topological polar surface area (TPSA) is 60.9 Å². The summed E-state index contributed by atoms with van der Waals surface area (Å²) < 4.78 is 14.4. The minimum absolute atomic E-state index is 0.0398. The number of carbonyl (C=O) groups is 2. The maximum Gasteiger partial charge on any atom is 0.257 e. The van der Waals surface area contributed by atoms with Crippen molar-refractivity contribution in [2.45, 2.75) is 6.92 Å². The molecule has 6 heteroatoms. The Morgan fingerprint density at radius 1 is 0.931 bits per heavy atom. The number of aromatic hydroxyl groups is 1. The van der Waals surface area contributed by atoms with Crippen LogP contribution in [0.2, 0.25) is 0 Å². The second-order valence-corrected chi connectivity index (χ2v) is 7.22. The van der Waals surface area contributed by atoms with Crippen LogP contribution in [0, 0.1) is 5.82 Å². The normalized spacial score (nSPS) is 14.3. The van der Waals surface area contributed by atoms with Crippen LogP contribution >= 0.6 is 0 Å². The Morgan fingerprint density at radius 3 is 2.21 bits per heavy atom. The number of fused-ring (bicyclic) bond motifs is 1. The van der Waals surface area contributed by atoms with Gasteiger partial charge in [0.15, 0.2) is 5.78 Å². The van der Waals surface area contributed by atoms with Gasteiger partial charge in [-0.05, 0) is 48.0 Å². The van der Waals surface area contributed by atoms with Gasteiger partial charge in [0.2, 0.25) is 0 Å². The van der Waals surface area contributed by atoms with Crippen molar-refractivity contribution >= 4 is 28.2 Å². The molecule has 148 valence electrons. The van der Waals surface area contributed by atoms with Crippen molar-refractivity contribution in [3.63, 3.8) is 0 Å². The maximum atomic E-state index is 14.4. The number of phenols is 1. The number of amides is 1. The molecule has 0 bridgehead atoms. The van der Waals surface area contributed by atoms with E-state index in [0.717, 1.165) is 10.8 Å². The molecular weight excluding hydrogens is 371 g/mol. The molecule has 1 heterocycles. The van der Waals surface area contributed by atoms with E-state index in [1.54, 1.807) is 29.2 Å². The molecule has 0 aliphatic carbocycles. The second kappa shape index (κ2) is 7.54. The third kappa shape index (κ3) is 3.66. The lowest BCUT2D eigenvalue weighted by molar-refractivity contribution is 0.0743. The van der Waals surface area contributed by atoms with Crippen LogP contribution in [0.3, 0.4) is 0 Å². The first-order valence-corrected chi connectivity index (χ1v) is 9.50. The first-order valence-electron chi connectivity index (χ1n) is 9.50. The first kappa shape index (κ1) is 18.9. The van der Waals surface area contributed by atoms with Crippen LogP contribution in [0.1, 0.15) is 27.6 Å². The summed E-state index contributed by atoms with van der Waals surface area (Å²) in [5.41, 5.74) is 1.04. The van der Waals surface area contributed by atoms with Gasteiger partial charge in [-0.3, -0.25) is 9.59 Å². The summed E-state index contributed by atoms with van der Waals surface area (Å²) in [7, 11) is 0. The molecule has 0 saturated carbocycles. The van der Waals surface area contributed by atoms with Crippen molar-refractivity contribution < 1.29 is 19.1 Å². The SMILES string of the molecule is CC(=O)c1ccc(N2CCN(C(=O)c3cc4ccccc4cc3O)CC2)c(F)c1. The van der Waals surface area contributed by atoms with Crippen molar-refractivity contribution in [3.8, 4) is 5.75 Å². The van der Waals surface area contributed by atoms with Gasteiger partial charge in [-0.1, -0.05) is 24.3 Å². The summed E-state index contributed by atoms with van der Waals surface area (Å²) in [6, 6.07) is 15.3. The zero-order valence-electron chi connectivity index (χ0n) is 16.1. The number of hydrogen-bond acceptors (Lipinski definition) is 4. The minimum atomic E-state index is -0.440. The molecule has 0 spiro atoms. The lowest BCUT2D eigenvalue weighted by Crippen LogP contribution is -2.49. The molecule has 5 nitrogen and oxygen atoms in total. The van der Waals surface area contributed by atoms with Crippen LogP contribution in [0.4, 0.5) is 10.1 Å². The van der Waals surface area contributed by atoms with Crippen molar-refractivity contribution in [3.05, 3.63) is 71.5 Å². The van der Waals surface area contributed by atoms with Crippen LogP contribution in [0.25, 0.3) is 10.8 Å². The zero-order chi connectivity index (χ0) is 20.5. The molecule has 0 radical (unpaired) electrons. The summed E-state index contributed by atoms with van der Waals surface area (Å²) in [6.45, 7) is 3.17. The summed E-state index contributed by atoms with van der Waals surface area (Å²) in [6.07, 6.45) is 0. The van der Waals surface area contributed by atoms with E-state index in [4.69, 9.17) is 0 Å². The summed E-state index contributed by atoms with van der Waals surface area (Å²) >= 11 is 0. The summed E-state index contributed by atoms with van der Waals surface area (Å²) in [4.78, 5) is 27.9. The fourth-order valence-electron chi connectivity index (χ4n) is 3.70. The van der Waals surface area contributed by atoms with Gasteiger partial charge in [-0.25, -0.2) is 4.39 Å². The Balaban J connectivity index is 1.49. The average molecular weight is 392 g/mol. The zero-order valence-corrected chi connectivity index (χ0v) is 16.1. The van der Waals surface area contributed by atoms with Gasteiger partial charge in [0.05, 0.1) is 11.3 Å². The lowest BCUT2D eigenvalue weighted by atomic mass is 10.0. The number of Topliss-reactive ketones (excluding diaryl/α,β-unsaturated/α-hetero) is 1. The molecule has 1 N–H and O–H groups in total. The Hall–Kier alpha value is -3.41. The molecule has 1 fully saturated rings. The number of rotatable bonds is 3. The average Bonchev–Trinajstić information content (AvgIpc) is 2.73. The molecule has 0 unspecified atom stereocenters. The first-order chi connectivity index (χ1) is 13.9. The number of carbonyl (C=O) groups excluding carboxylic acids is 2. The van der Waals surface area contributed by atoms with E-state index in [9.17, 15) is 19.1 Å². The van der Waals surface area contributed by atoms with Gasteiger partial charge >= 0.3 is 0 Å². The quantitative estimate of drug-likeness (QED) is 0.688. The largest absolute Gasteiger partial charge is 0.507 e. The summed E-state index contributed by atoms with van der Waals surface area (Å²) in [5, 5.41) is 12.1. The molecule has 1 amide bonds.